The minimum atomic E-state index is -0.317. The van der Waals surface area contributed by atoms with Crippen molar-refractivity contribution in [1.29, 1.82) is 0 Å². The molecule has 0 aliphatic carbocycles. The van der Waals surface area contributed by atoms with Gasteiger partial charge in [0, 0.05) is 40.7 Å². The first-order valence-corrected chi connectivity index (χ1v) is 10.6. The summed E-state index contributed by atoms with van der Waals surface area (Å²) in [7, 11) is 2.18. The van der Waals surface area contributed by atoms with E-state index in [9.17, 15) is 4.79 Å². The van der Waals surface area contributed by atoms with Crippen molar-refractivity contribution in [1.82, 2.24) is 4.90 Å². The summed E-state index contributed by atoms with van der Waals surface area (Å²) in [6, 6.07) is 8.32. The second-order valence-electron chi connectivity index (χ2n) is 7.19. The highest BCUT2D eigenvalue weighted by Gasteiger charge is 2.25. The van der Waals surface area contributed by atoms with Gasteiger partial charge in [0.25, 0.3) is 0 Å². The number of benzene rings is 1. The second-order valence-corrected chi connectivity index (χ2v) is 8.10. The van der Waals surface area contributed by atoms with Crippen molar-refractivity contribution in [2.45, 2.75) is 26.4 Å². The number of carbonyl (C=O) groups excluding carboxylic acids is 1. The smallest absolute Gasteiger partial charge is 0.330 e. The molecule has 28 heavy (non-hydrogen) atoms. The number of hydrogen-bond acceptors (Lipinski definition) is 5. The summed E-state index contributed by atoms with van der Waals surface area (Å²) in [6.07, 6.45) is 5.45. The number of piperidine rings is 1. The van der Waals surface area contributed by atoms with Gasteiger partial charge in [0.15, 0.2) is 0 Å². The number of thiophene rings is 1. The first-order chi connectivity index (χ1) is 13.7. The molecule has 0 saturated carbocycles. The zero-order chi connectivity index (χ0) is 19.5. The fraction of sp³-hybridized carbons (Fsp3) is 0.348. The quantitative estimate of drug-likeness (QED) is 0.556. The summed E-state index contributed by atoms with van der Waals surface area (Å²) in [5.41, 5.74) is 6.19. The van der Waals surface area contributed by atoms with Gasteiger partial charge in [-0.1, -0.05) is 11.6 Å². The van der Waals surface area contributed by atoms with E-state index >= 15 is 0 Å². The summed E-state index contributed by atoms with van der Waals surface area (Å²) in [6.45, 7) is 4.95. The molecule has 0 amide bonds. The van der Waals surface area contributed by atoms with Crippen LogP contribution < -0.4 is 4.74 Å². The lowest BCUT2D eigenvalue weighted by atomic mass is 9.90. The van der Waals surface area contributed by atoms with Gasteiger partial charge in [0.2, 0.25) is 0 Å². The number of carbonyl (C=O) groups is 1. The topological polar surface area (TPSA) is 38.8 Å². The minimum absolute atomic E-state index is 0.317. The van der Waals surface area contributed by atoms with Crippen LogP contribution in [0.5, 0.6) is 5.75 Å². The molecule has 146 valence electrons. The van der Waals surface area contributed by atoms with Crippen molar-refractivity contribution in [2.24, 2.45) is 0 Å². The van der Waals surface area contributed by atoms with Crippen LogP contribution in [0.4, 0.5) is 0 Å². The Morgan fingerprint density at radius 3 is 2.89 bits per heavy atom. The van der Waals surface area contributed by atoms with Crippen LogP contribution in [0, 0.1) is 0 Å². The van der Waals surface area contributed by atoms with E-state index in [1.807, 2.05) is 25.1 Å². The highest BCUT2D eigenvalue weighted by Crippen LogP contribution is 2.43. The lowest BCUT2D eigenvalue weighted by Crippen LogP contribution is -2.26. The lowest BCUT2D eigenvalue weighted by Gasteiger charge is -2.26. The van der Waals surface area contributed by atoms with Gasteiger partial charge in [0.05, 0.1) is 6.61 Å². The van der Waals surface area contributed by atoms with E-state index in [1.54, 1.807) is 11.3 Å². The third-order valence-corrected chi connectivity index (χ3v) is 6.25. The Morgan fingerprint density at radius 1 is 1.29 bits per heavy atom. The molecular formula is C23H25NO3S. The third-order valence-electron chi connectivity index (χ3n) is 5.27. The molecule has 2 aromatic rings. The molecule has 0 bridgehead atoms. The Balaban J connectivity index is 1.78. The largest absolute Gasteiger partial charge is 0.488 e. The van der Waals surface area contributed by atoms with Crippen molar-refractivity contribution < 1.29 is 14.3 Å². The molecule has 0 spiro atoms. The number of likely N-dealkylation sites (tertiary alicyclic amines) is 1. The second kappa shape index (κ2) is 8.33. The van der Waals surface area contributed by atoms with E-state index in [1.165, 1.54) is 27.7 Å². The Morgan fingerprint density at radius 2 is 2.11 bits per heavy atom. The Bertz CT molecular complexity index is 931. The van der Waals surface area contributed by atoms with Crippen LogP contribution in [0.3, 0.4) is 0 Å². The molecule has 2 aliphatic rings. The summed E-state index contributed by atoms with van der Waals surface area (Å²) >= 11 is 1.79. The predicted molar refractivity (Wildman–Crippen MR) is 114 cm³/mol. The summed E-state index contributed by atoms with van der Waals surface area (Å²) in [4.78, 5) is 15.4. The molecule has 0 radical (unpaired) electrons. The van der Waals surface area contributed by atoms with Crippen LogP contribution in [0.25, 0.3) is 11.6 Å². The SMILES string of the molecule is CCOC(=O)C=Cc1ccc2c(c1)C(=C1CCN(C)CC1)c1sccc1CO2. The molecule has 0 N–H and O–H groups in total. The first kappa shape index (κ1) is 19.0. The average molecular weight is 396 g/mol. The molecule has 1 aromatic heterocycles. The van der Waals surface area contributed by atoms with Gasteiger partial charge in [-0.05, 0) is 62.0 Å². The minimum Gasteiger partial charge on any atom is -0.488 e. The molecular weight excluding hydrogens is 370 g/mol. The Hall–Kier alpha value is -2.37. The molecule has 1 aromatic carbocycles. The maximum atomic E-state index is 11.7. The summed E-state index contributed by atoms with van der Waals surface area (Å²) in [5.74, 6) is 0.598. The van der Waals surface area contributed by atoms with Gasteiger partial charge < -0.3 is 14.4 Å². The summed E-state index contributed by atoms with van der Waals surface area (Å²) in [5, 5.41) is 2.15. The van der Waals surface area contributed by atoms with Crippen LogP contribution in [-0.2, 0) is 16.1 Å². The zero-order valence-corrected chi connectivity index (χ0v) is 17.2. The van der Waals surface area contributed by atoms with Crippen molar-refractivity contribution in [3.8, 4) is 5.75 Å². The predicted octanol–water partition coefficient (Wildman–Crippen LogP) is 4.74. The monoisotopic (exact) mass is 395 g/mol. The van der Waals surface area contributed by atoms with Gasteiger partial charge in [-0.15, -0.1) is 11.3 Å². The molecule has 0 atom stereocenters. The standard InChI is InChI=1S/C23H25NO3S/c1-3-26-21(25)7-5-16-4-6-20-19(14-16)22(17-8-11-24(2)12-9-17)23-18(15-27-20)10-13-28-23/h4-7,10,13-14H,3,8-9,11-12,15H2,1-2H3. The number of hydrogen-bond donors (Lipinski definition) is 0. The molecule has 4 nitrogen and oxygen atoms in total. The van der Waals surface area contributed by atoms with Crippen LogP contribution in [0.2, 0.25) is 0 Å². The highest BCUT2D eigenvalue weighted by atomic mass is 32.1. The van der Waals surface area contributed by atoms with Gasteiger partial charge in [-0.2, -0.15) is 0 Å². The maximum absolute atomic E-state index is 11.7. The van der Waals surface area contributed by atoms with E-state index in [0.29, 0.717) is 13.2 Å². The number of fused-ring (bicyclic) bond motifs is 2. The van der Waals surface area contributed by atoms with Crippen LogP contribution in [0.1, 0.15) is 41.3 Å². The molecule has 1 fully saturated rings. The van der Waals surface area contributed by atoms with E-state index in [2.05, 4.69) is 29.5 Å². The number of esters is 1. The fourth-order valence-electron chi connectivity index (χ4n) is 3.76. The summed E-state index contributed by atoms with van der Waals surface area (Å²) < 4.78 is 11.1. The molecule has 0 unspecified atom stereocenters. The van der Waals surface area contributed by atoms with E-state index in [-0.39, 0.29) is 5.97 Å². The van der Waals surface area contributed by atoms with Crippen molar-refractivity contribution in [3.63, 3.8) is 0 Å². The Labute approximate surface area is 170 Å². The Kier molecular flexibility index (Phi) is 5.64. The van der Waals surface area contributed by atoms with E-state index in [4.69, 9.17) is 9.47 Å². The number of rotatable bonds is 3. The van der Waals surface area contributed by atoms with Gasteiger partial charge in [-0.3, -0.25) is 0 Å². The van der Waals surface area contributed by atoms with Crippen molar-refractivity contribution >= 4 is 29.0 Å². The van der Waals surface area contributed by atoms with E-state index < -0.39 is 0 Å². The average Bonchev–Trinajstić information content (AvgIpc) is 3.10. The lowest BCUT2D eigenvalue weighted by molar-refractivity contribution is -0.137. The zero-order valence-electron chi connectivity index (χ0n) is 16.4. The van der Waals surface area contributed by atoms with Crippen molar-refractivity contribution in [2.75, 3.05) is 26.7 Å². The van der Waals surface area contributed by atoms with Crippen LogP contribution >= 0.6 is 11.3 Å². The molecule has 2 aliphatic heterocycles. The first-order valence-electron chi connectivity index (χ1n) is 9.75. The van der Waals surface area contributed by atoms with Gasteiger partial charge in [0.1, 0.15) is 12.4 Å². The number of nitrogens with zero attached hydrogens (tertiary/aromatic N) is 1. The maximum Gasteiger partial charge on any atom is 0.330 e. The van der Waals surface area contributed by atoms with Crippen LogP contribution in [-0.4, -0.2) is 37.6 Å². The highest BCUT2D eigenvalue weighted by molar-refractivity contribution is 7.11. The third kappa shape index (κ3) is 3.91. The normalized spacial score (nSPS) is 17.1. The molecule has 1 saturated heterocycles. The van der Waals surface area contributed by atoms with Crippen molar-refractivity contribution in [3.05, 3.63) is 62.9 Å². The van der Waals surface area contributed by atoms with Gasteiger partial charge in [-0.25, -0.2) is 4.79 Å². The molecule has 3 heterocycles. The number of ether oxygens (including phenoxy) is 2. The van der Waals surface area contributed by atoms with E-state index in [0.717, 1.165) is 42.8 Å². The van der Waals surface area contributed by atoms with Gasteiger partial charge >= 0.3 is 5.97 Å². The fourth-order valence-corrected chi connectivity index (χ4v) is 4.78. The molecule has 5 heteroatoms. The van der Waals surface area contributed by atoms with Crippen LogP contribution in [0.15, 0.2) is 41.3 Å². The molecule has 4 rings (SSSR count).